The fourth-order valence-electron chi connectivity index (χ4n) is 2.79. The highest BCUT2D eigenvalue weighted by molar-refractivity contribution is 4.80. The predicted molar refractivity (Wildman–Crippen MR) is 68.1 cm³/mol. The first-order chi connectivity index (χ1) is 8.40. The zero-order valence-electron chi connectivity index (χ0n) is 11.0. The Morgan fingerprint density at radius 2 is 2.06 bits per heavy atom. The molecule has 1 unspecified atom stereocenters. The van der Waals surface area contributed by atoms with Gasteiger partial charge in [-0.05, 0) is 45.3 Å². The van der Waals surface area contributed by atoms with Crippen molar-refractivity contribution >= 4 is 0 Å². The van der Waals surface area contributed by atoms with Crippen LogP contribution in [0, 0.1) is 0 Å². The Morgan fingerprint density at radius 1 is 1.24 bits per heavy atom. The molecule has 2 heterocycles. The minimum absolute atomic E-state index is 0.380. The summed E-state index contributed by atoms with van der Waals surface area (Å²) >= 11 is 0. The largest absolute Gasteiger partial charge is 0.355 e. The van der Waals surface area contributed by atoms with Gasteiger partial charge < -0.3 is 14.8 Å². The lowest BCUT2D eigenvalue weighted by Crippen LogP contribution is -2.47. The van der Waals surface area contributed by atoms with Crippen LogP contribution >= 0.6 is 0 Å². The summed E-state index contributed by atoms with van der Waals surface area (Å²) in [5, 5.41) is 3.44. The van der Waals surface area contributed by atoms with Crippen molar-refractivity contribution in [2.24, 2.45) is 0 Å². The van der Waals surface area contributed by atoms with Crippen molar-refractivity contribution in [1.29, 1.82) is 0 Å². The molecule has 2 aliphatic rings. The molecule has 1 atom stereocenters. The summed E-state index contributed by atoms with van der Waals surface area (Å²) in [5.74, 6) is 0. The standard InChI is InChI=1S/C13H26N2O2/c1-2-8-15(12-3-6-14-7-4-12)10-13-5-9-16-11-17-13/h12-14H,2-11H2,1H3. The van der Waals surface area contributed by atoms with Crippen LogP contribution in [0.15, 0.2) is 0 Å². The minimum Gasteiger partial charge on any atom is -0.355 e. The van der Waals surface area contributed by atoms with E-state index < -0.39 is 0 Å². The molecule has 17 heavy (non-hydrogen) atoms. The van der Waals surface area contributed by atoms with Crippen molar-refractivity contribution in [3.05, 3.63) is 0 Å². The van der Waals surface area contributed by atoms with Crippen LogP contribution in [-0.4, -0.2) is 56.6 Å². The van der Waals surface area contributed by atoms with Gasteiger partial charge in [-0.15, -0.1) is 0 Å². The lowest BCUT2D eigenvalue weighted by atomic mass is 10.0. The summed E-state index contributed by atoms with van der Waals surface area (Å²) in [6.07, 6.45) is 5.22. The maximum absolute atomic E-state index is 5.67. The van der Waals surface area contributed by atoms with E-state index in [9.17, 15) is 0 Å². The number of nitrogens with one attached hydrogen (secondary N) is 1. The highest BCUT2D eigenvalue weighted by Gasteiger charge is 2.24. The van der Waals surface area contributed by atoms with Gasteiger partial charge in [-0.25, -0.2) is 0 Å². The van der Waals surface area contributed by atoms with Gasteiger partial charge in [-0.1, -0.05) is 6.92 Å². The molecule has 0 aliphatic carbocycles. The molecule has 0 aromatic carbocycles. The molecule has 2 fully saturated rings. The molecule has 0 spiro atoms. The van der Waals surface area contributed by atoms with Crippen LogP contribution in [-0.2, 0) is 9.47 Å². The zero-order valence-corrected chi connectivity index (χ0v) is 11.0. The van der Waals surface area contributed by atoms with Crippen molar-refractivity contribution in [3.63, 3.8) is 0 Å². The van der Waals surface area contributed by atoms with Crippen molar-refractivity contribution in [2.75, 3.05) is 39.6 Å². The van der Waals surface area contributed by atoms with Crippen LogP contribution in [0.3, 0.4) is 0 Å². The normalized spacial score (nSPS) is 27.5. The quantitative estimate of drug-likeness (QED) is 0.786. The van der Waals surface area contributed by atoms with Gasteiger partial charge in [0.1, 0.15) is 6.79 Å². The number of hydrogen-bond donors (Lipinski definition) is 1. The van der Waals surface area contributed by atoms with Crippen LogP contribution in [0.2, 0.25) is 0 Å². The van der Waals surface area contributed by atoms with E-state index in [1.54, 1.807) is 0 Å². The second-order valence-electron chi connectivity index (χ2n) is 5.08. The van der Waals surface area contributed by atoms with Crippen LogP contribution in [0.5, 0.6) is 0 Å². The molecule has 2 saturated heterocycles. The minimum atomic E-state index is 0.380. The summed E-state index contributed by atoms with van der Waals surface area (Å²) in [6.45, 7) is 8.22. The highest BCUT2D eigenvalue weighted by Crippen LogP contribution is 2.16. The van der Waals surface area contributed by atoms with Gasteiger partial charge in [0.25, 0.3) is 0 Å². The van der Waals surface area contributed by atoms with Gasteiger partial charge >= 0.3 is 0 Å². The van der Waals surface area contributed by atoms with E-state index in [2.05, 4.69) is 17.1 Å². The Kier molecular flexibility index (Phi) is 5.71. The molecule has 1 N–H and O–H groups in total. The molecule has 4 heteroatoms. The molecule has 0 amide bonds. The van der Waals surface area contributed by atoms with Gasteiger partial charge in [0.05, 0.1) is 12.7 Å². The van der Waals surface area contributed by atoms with Gasteiger partial charge in [0.15, 0.2) is 0 Å². The number of hydrogen-bond acceptors (Lipinski definition) is 4. The predicted octanol–water partition coefficient (Wildman–Crippen LogP) is 1.21. The van der Waals surface area contributed by atoms with Crippen molar-refractivity contribution in [2.45, 2.75) is 44.8 Å². The molecular weight excluding hydrogens is 216 g/mol. The molecular formula is C13H26N2O2. The number of piperidine rings is 1. The molecule has 2 rings (SSSR count). The van der Waals surface area contributed by atoms with Crippen LogP contribution < -0.4 is 5.32 Å². The number of nitrogens with zero attached hydrogens (tertiary/aromatic N) is 1. The fourth-order valence-corrected chi connectivity index (χ4v) is 2.79. The Hall–Kier alpha value is -0.160. The first kappa shape index (κ1) is 13.3. The molecule has 0 radical (unpaired) electrons. The third-order valence-electron chi connectivity index (χ3n) is 3.75. The second kappa shape index (κ2) is 7.31. The molecule has 0 bridgehead atoms. The Labute approximate surface area is 105 Å². The van der Waals surface area contributed by atoms with E-state index >= 15 is 0 Å². The Bertz CT molecular complexity index is 202. The summed E-state index contributed by atoms with van der Waals surface area (Å²) < 4.78 is 10.9. The first-order valence-electron chi connectivity index (χ1n) is 7.04. The molecule has 2 aliphatic heterocycles. The van der Waals surface area contributed by atoms with Crippen LogP contribution in [0.4, 0.5) is 0 Å². The lowest BCUT2D eigenvalue weighted by Gasteiger charge is -2.37. The molecule has 0 aromatic heterocycles. The average molecular weight is 242 g/mol. The third-order valence-corrected chi connectivity index (χ3v) is 3.75. The van der Waals surface area contributed by atoms with Crippen LogP contribution in [0.25, 0.3) is 0 Å². The number of rotatable bonds is 5. The summed E-state index contributed by atoms with van der Waals surface area (Å²) in [6, 6.07) is 0.752. The summed E-state index contributed by atoms with van der Waals surface area (Å²) in [5.41, 5.74) is 0. The summed E-state index contributed by atoms with van der Waals surface area (Å²) in [4.78, 5) is 2.64. The average Bonchev–Trinajstić information content (AvgIpc) is 2.40. The maximum atomic E-state index is 5.67. The van der Waals surface area contributed by atoms with Crippen molar-refractivity contribution in [1.82, 2.24) is 10.2 Å². The number of ether oxygens (including phenoxy) is 2. The summed E-state index contributed by atoms with van der Waals surface area (Å²) in [7, 11) is 0. The van der Waals surface area contributed by atoms with Crippen molar-refractivity contribution in [3.8, 4) is 0 Å². The SMILES string of the molecule is CCCN(CC1CCOCO1)C1CCNCC1. The van der Waals surface area contributed by atoms with Crippen LogP contribution in [0.1, 0.15) is 32.6 Å². The van der Waals surface area contributed by atoms with Gasteiger partial charge in [-0.3, -0.25) is 4.90 Å². The lowest BCUT2D eigenvalue weighted by molar-refractivity contribution is -0.146. The Morgan fingerprint density at radius 3 is 2.71 bits per heavy atom. The topological polar surface area (TPSA) is 33.7 Å². The van der Waals surface area contributed by atoms with Gasteiger partial charge in [0, 0.05) is 12.6 Å². The third kappa shape index (κ3) is 4.21. The molecule has 100 valence electrons. The van der Waals surface area contributed by atoms with E-state index in [4.69, 9.17) is 9.47 Å². The molecule has 4 nitrogen and oxygen atoms in total. The van der Waals surface area contributed by atoms with Gasteiger partial charge in [-0.2, -0.15) is 0 Å². The maximum Gasteiger partial charge on any atom is 0.147 e. The molecule has 0 saturated carbocycles. The zero-order chi connectivity index (χ0) is 11.9. The van der Waals surface area contributed by atoms with Crippen molar-refractivity contribution < 1.29 is 9.47 Å². The van der Waals surface area contributed by atoms with Gasteiger partial charge in [0.2, 0.25) is 0 Å². The van der Waals surface area contributed by atoms with E-state index in [0.29, 0.717) is 12.9 Å². The molecule has 0 aromatic rings. The monoisotopic (exact) mass is 242 g/mol. The Balaban J connectivity index is 1.81. The first-order valence-corrected chi connectivity index (χ1v) is 7.04. The van der Waals surface area contributed by atoms with E-state index in [0.717, 1.165) is 25.6 Å². The van der Waals surface area contributed by atoms with E-state index in [-0.39, 0.29) is 0 Å². The van der Waals surface area contributed by atoms with E-state index in [1.165, 1.54) is 38.9 Å². The highest BCUT2D eigenvalue weighted by atomic mass is 16.7. The van der Waals surface area contributed by atoms with E-state index in [1.807, 2.05) is 0 Å². The fraction of sp³-hybridized carbons (Fsp3) is 1.00. The second-order valence-corrected chi connectivity index (χ2v) is 5.08. The smallest absolute Gasteiger partial charge is 0.147 e.